The lowest BCUT2D eigenvalue weighted by molar-refractivity contribution is 1.02. The summed E-state index contributed by atoms with van der Waals surface area (Å²) in [6.07, 6.45) is 0. The quantitative estimate of drug-likeness (QED) is 0.177. The van der Waals surface area contributed by atoms with E-state index in [1.165, 1.54) is 88.7 Å². The highest BCUT2D eigenvalue weighted by atomic mass is 15.0. The Balaban J connectivity index is 1.12. The fourth-order valence-electron chi connectivity index (χ4n) is 8.23. The lowest BCUT2D eigenvalue weighted by atomic mass is 9.87. The number of hydrogen-bond acceptors (Lipinski definition) is 0. The molecular formula is C49H33N. The Morgan fingerprint density at radius 3 is 1.74 bits per heavy atom. The van der Waals surface area contributed by atoms with E-state index in [1.54, 1.807) is 0 Å². The van der Waals surface area contributed by atoms with Crippen LogP contribution in [0.15, 0.2) is 194 Å². The van der Waals surface area contributed by atoms with Crippen LogP contribution in [0.2, 0.25) is 0 Å². The van der Waals surface area contributed by atoms with Crippen LogP contribution < -0.4 is 0 Å². The monoisotopic (exact) mass is 635 g/mol. The standard InChI is InChI=1S/C49H33N/c1-3-13-33(14-4-1)35-25-27-36(28-26-35)48-42-20-7-8-21-43(42)49-40(22-12-23-44(48)49)38-29-30-47-45(32-38)41-19-9-10-24-46(41)50(47)39-18-11-17-37(31-39)34-15-5-2-6-16-34/h1-32,48H. The van der Waals surface area contributed by atoms with Crippen LogP contribution in [0.4, 0.5) is 0 Å². The minimum Gasteiger partial charge on any atom is -0.309 e. The molecule has 0 bridgehead atoms. The number of benzene rings is 8. The van der Waals surface area contributed by atoms with Crippen molar-refractivity contribution in [2.45, 2.75) is 5.92 Å². The molecular weight excluding hydrogens is 603 g/mol. The molecule has 1 unspecified atom stereocenters. The fourth-order valence-corrected chi connectivity index (χ4v) is 8.23. The molecule has 0 amide bonds. The van der Waals surface area contributed by atoms with E-state index in [9.17, 15) is 0 Å². The summed E-state index contributed by atoms with van der Waals surface area (Å²) < 4.78 is 2.42. The molecule has 1 atom stereocenters. The minimum atomic E-state index is 0.188. The van der Waals surface area contributed by atoms with Crippen molar-refractivity contribution in [2.75, 3.05) is 0 Å². The van der Waals surface area contributed by atoms with E-state index in [1.807, 2.05) is 0 Å². The second kappa shape index (κ2) is 11.6. The molecule has 1 heterocycles. The molecule has 0 fully saturated rings. The van der Waals surface area contributed by atoms with Crippen molar-refractivity contribution in [3.8, 4) is 50.2 Å². The molecule has 0 N–H and O–H groups in total. The summed E-state index contributed by atoms with van der Waals surface area (Å²) >= 11 is 0. The zero-order valence-electron chi connectivity index (χ0n) is 27.5. The van der Waals surface area contributed by atoms with Gasteiger partial charge < -0.3 is 4.57 Å². The lowest BCUT2D eigenvalue weighted by Gasteiger charge is -2.16. The highest BCUT2D eigenvalue weighted by molar-refractivity contribution is 6.11. The second-order valence-electron chi connectivity index (χ2n) is 13.3. The van der Waals surface area contributed by atoms with Crippen molar-refractivity contribution in [1.29, 1.82) is 0 Å². The van der Waals surface area contributed by atoms with E-state index < -0.39 is 0 Å². The first-order valence-electron chi connectivity index (χ1n) is 17.4. The van der Waals surface area contributed by atoms with E-state index in [2.05, 4.69) is 199 Å². The predicted octanol–water partition coefficient (Wildman–Crippen LogP) is 12.9. The van der Waals surface area contributed by atoms with Gasteiger partial charge in [0.25, 0.3) is 0 Å². The Labute approximate surface area is 292 Å². The van der Waals surface area contributed by atoms with Crippen molar-refractivity contribution in [1.82, 2.24) is 4.57 Å². The molecule has 1 aliphatic carbocycles. The molecule has 1 nitrogen and oxygen atoms in total. The van der Waals surface area contributed by atoms with E-state index >= 15 is 0 Å². The Morgan fingerprint density at radius 1 is 0.340 bits per heavy atom. The molecule has 1 aromatic heterocycles. The summed E-state index contributed by atoms with van der Waals surface area (Å²) in [6.45, 7) is 0. The first kappa shape index (κ1) is 28.6. The second-order valence-corrected chi connectivity index (χ2v) is 13.3. The van der Waals surface area contributed by atoms with E-state index in [4.69, 9.17) is 0 Å². The van der Waals surface area contributed by atoms with Gasteiger partial charge in [-0.1, -0.05) is 164 Å². The fraction of sp³-hybridized carbons (Fsp3) is 0.0204. The number of fused-ring (bicyclic) bond motifs is 6. The van der Waals surface area contributed by atoms with E-state index in [-0.39, 0.29) is 5.92 Å². The van der Waals surface area contributed by atoms with E-state index in [0.717, 1.165) is 0 Å². The maximum absolute atomic E-state index is 2.42. The average molecular weight is 636 g/mol. The van der Waals surface area contributed by atoms with Crippen molar-refractivity contribution in [3.63, 3.8) is 0 Å². The van der Waals surface area contributed by atoms with Crippen LogP contribution in [0.1, 0.15) is 22.6 Å². The van der Waals surface area contributed by atoms with Gasteiger partial charge in [-0.05, 0) is 91.5 Å². The maximum atomic E-state index is 2.42. The highest BCUT2D eigenvalue weighted by Gasteiger charge is 2.31. The van der Waals surface area contributed by atoms with Crippen LogP contribution in [-0.4, -0.2) is 4.57 Å². The van der Waals surface area contributed by atoms with Gasteiger partial charge in [0.1, 0.15) is 0 Å². The Morgan fingerprint density at radius 2 is 0.920 bits per heavy atom. The third-order valence-electron chi connectivity index (χ3n) is 10.5. The van der Waals surface area contributed by atoms with Crippen LogP contribution in [0.3, 0.4) is 0 Å². The van der Waals surface area contributed by atoms with Crippen LogP contribution >= 0.6 is 0 Å². The Bertz CT molecular complexity index is 2680. The van der Waals surface area contributed by atoms with Gasteiger partial charge in [-0.25, -0.2) is 0 Å². The van der Waals surface area contributed by atoms with Gasteiger partial charge in [-0.2, -0.15) is 0 Å². The smallest absolute Gasteiger partial charge is 0.0541 e. The third kappa shape index (κ3) is 4.55. The van der Waals surface area contributed by atoms with Crippen LogP contribution in [0.25, 0.3) is 72.0 Å². The molecule has 9 aromatic rings. The van der Waals surface area contributed by atoms with Gasteiger partial charge in [0.15, 0.2) is 0 Å². The van der Waals surface area contributed by atoms with Gasteiger partial charge in [-0.3, -0.25) is 0 Å². The number of rotatable bonds is 5. The molecule has 1 heteroatoms. The highest BCUT2D eigenvalue weighted by Crippen LogP contribution is 2.52. The van der Waals surface area contributed by atoms with Crippen LogP contribution in [0.5, 0.6) is 0 Å². The van der Waals surface area contributed by atoms with Crippen molar-refractivity contribution < 1.29 is 0 Å². The van der Waals surface area contributed by atoms with Gasteiger partial charge >= 0.3 is 0 Å². The van der Waals surface area contributed by atoms with Gasteiger partial charge in [0.2, 0.25) is 0 Å². The van der Waals surface area contributed by atoms with Crippen molar-refractivity contribution >= 4 is 21.8 Å². The molecule has 0 aliphatic heterocycles. The summed E-state index contributed by atoms with van der Waals surface area (Å²) in [6, 6.07) is 71.1. The first-order chi connectivity index (χ1) is 24.8. The van der Waals surface area contributed by atoms with Gasteiger partial charge in [0, 0.05) is 22.4 Å². The molecule has 0 saturated heterocycles. The number of hydrogen-bond donors (Lipinski definition) is 0. The first-order valence-corrected chi connectivity index (χ1v) is 17.4. The Hall–Kier alpha value is -6.44. The number of aromatic nitrogens is 1. The Kier molecular flexibility index (Phi) is 6.63. The molecule has 10 rings (SSSR count). The van der Waals surface area contributed by atoms with Crippen molar-refractivity contribution in [2.24, 2.45) is 0 Å². The topological polar surface area (TPSA) is 4.93 Å². The third-order valence-corrected chi connectivity index (χ3v) is 10.5. The van der Waals surface area contributed by atoms with E-state index in [0.29, 0.717) is 0 Å². The molecule has 1 aliphatic rings. The van der Waals surface area contributed by atoms with Crippen LogP contribution in [0, 0.1) is 0 Å². The summed E-state index contributed by atoms with van der Waals surface area (Å²) in [5.74, 6) is 0.188. The molecule has 50 heavy (non-hydrogen) atoms. The van der Waals surface area contributed by atoms with Crippen LogP contribution in [-0.2, 0) is 0 Å². The molecule has 0 radical (unpaired) electrons. The average Bonchev–Trinajstić information content (AvgIpc) is 3.71. The lowest BCUT2D eigenvalue weighted by Crippen LogP contribution is -1.99. The summed E-state index contributed by atoms with van der Waals surface area (Å²) in [7, 11) is 0. The van der Waals surface area contributed by atoms with Gasteiger partial charge in [0.05, 0.1) is 11.0 Å². The van der Waals surface area contributed by atoms with Crippen molar-refractivity contribution in [3.05, 3.63) is 211 Å². The summed E-state index contributed by atoms with van der Waals surface area (Å²) in [5, 5.41) is 2.53. The summed E-state index contributed by atoms with van der Waals surface area (Å²) in [5.41, 5.74) is 17.8. The zero-order chi connectivity index (χ0) is 33.0. The molecule has 8 aromatic carbocycles. The largest absolute Gasteiger partial charge is 0.309 e. The minimum absolute atomic E-state index is 0.188. The number of para-hydroxylation sites is 1. The maximum Gasteiger partial charge on any atom is 0.0541 e. The van der Waals surface area contributed by atoms with Gasteiger partial charge in [-0.15, -0.1) is 0 Å². The number of nitrogens with zero attached hydrogens (tertiary/aromatic N) is 1. The normalized spacial score (nSPS) is 13.4. The predicted molar refractivity (Wildman–Crippen MR) is 210 cm³/mol. The SMILES string of the molecule is c1ccc(-c2ccc(C3c4ccccc4-c4c(-c5ccc6c(c5)c5ccccc5n6-c5cccc(-c6ccccc6)c5)cccc43)cc2)cc1. The summed E-state index contributed by atoms with van der Waals surface area (Å²) in [4.78, 5) is 0. The molecule has 0 spiro atoms. The molecule has 234 valence electrons. The molecule has 0 saturated carbocycles. The zero-order valence-corrected chi connectivity index (χ0v) is 27.5.